The molecule has 5 fully saturated rings. The zero-order valence-corrected chi connectivity index (χ0v) is 47.6. The van der Waals surface area contributed by atoms with Crippen molar-refractivity contribution in [2.24, 2.45) is 27.1 Å². The van der Waals surface area contributed by atoms with Crippen LogP contribution in [0.25, 0.3) is 0 Å². The molecule has 5 aliphatic heterocycles. The number of rotatable bonds is 13. The van der Waals surface area contributed by atoms with Crippen molar-refractivity contribution in [1.82, 2.24) is 0 Å². The van der Waals surface area contributed by atoms with Gasteiger partial charge in [0.05, 0.1) is 59.6 Å². The van der Waals surface area contributed by atoms with Gasteiger partial charge < -0.3 is 42.6 Å². The van der Waals surface area contributed by atoms with E-state index in [0.717, 1.165) is 25.7 Å². The number of hydrogen-bond acceptors (Lipinski definition) is 17. The first-order chi connectivity index (χ1) is 32.1. The molecule has 0 bridgehead atoms. The molecule has 0 aromatic carbocycles. The molecule has 0 spiro atoms. The van der Waals surface area contributed by atoms with Crippen molar-refractivity contribution >= 4 is 47.8 Å². The van der Waals surface area contributed by atoms with Crippen LogP contribution < -0.4 is 0 Å². The van der Waals surface area contributed by atoms with E-state index in [1.807, 2.05) is 104 Å². The average molecular weight is 1080 g/mol. The topological polar surface area (TPSA) is 220 Å². The molecule has 0 aliphatic carbocycles. The lowest BCUT2D eigenvalue weighted by Crippen LogP contribution is -2.49. The second-order valence-electron chi connectivity index (χ2n) is 24.0. The summed E-state index contributed by atoms with van der Waals surface area (Å²) in [6.45, 7) is 40.0. The molecule has 17 heteroatoms. The molecule has 5 heterocycles. The van der Waals surface area contributed by atoms with Crippen LogP contribution in [0.1, 0.15) is 239 Å². The predicted molar refractivity (Wildman–Crippen MR) is 291 cm³/mol. The van der Waals surface area contributed by atoms with E-state index in [1.165, 1.54) is 7.11 Å². The maximum Gasteiger partial charge on any atom is 0.312 e. The van der Waals surface area contributed by atoms with E-state index in [9.17, 15) is 38.4 Å². The summed E-state index contributed by atoms with van der Waals surface area (Å²) in [5.41, 5.74) is -5.50. The summed E-state index contributed by atoms with van der Waals surface area (Å²) in [6, 6.07) is 0. The molecular weight excluding hydrogens is 969 g/mol. The Labute approximate surface area is 454 Å². The second-order valence-corrected chi connectivity index (χ2v) is 24.0. The lowest BCUT2D eigenvalue weighted by Gasteiger charge is -2.36. The minimum atomic E-state index is -0.884. The van der Waals surface area contributed by atoms with Crippen LogP contribution in [0, 0.1) is 27.1 Å². The lowest BCUT2D eigenvalue weighted by molar-refractivity contribution is -0.184. The highest BCUT2D eigenvalue weighted by atomic mass is 16.6. The van der Waals surface area contributed by atoms with Crippen molar-refractivity contribution in [1.29, 1.82) is 0 Å². The zero-order valence-electron chi connectivity index (χ0n) is 47.6. The summed E-state index contributed by atoms with van der Waals surface area (Å²) in [4.78, 5) is 92.1. The molecule has 0 radical (unpaired) electrons. The number of methoxy groups -OCH3 is 1. The van der Waals surface area contributed by atoms with E-state index >= 15 is 0 Å². The van der Waals surface area contributed by atoms with Gasteiger partial charge in [-0.05, 0) is 149 Å². The molecule has 6 unspecified atom stereocenters. The SMILES string of the molecule is C.C.C.C.CCC(C)(C)C(=O)OC1(C)CC(=O)OC1(C)C.CCC(C)(C)C(=O)OC1CC(=O)OC1(C)C.CCC(C)(C)C(=O)OC1CC(=O)OC1(C)COC.CCC1(C)CC(C)(C)OC1=O.CCC1(C)CCOC1=O. The van der Waals surface area contributed by atoms with E-state index in [4.69, 9.17) is 42.6 Å². The van der Waals surface area contributed by atoms with Gasteiger partial charge in [-0.15, -0.1) is 0 Å². The Kier molecular flexibility index (Phi) is 29.8. The fourth-order valence-corrected chi connectivity index (χ4v) is 7.38. The first kappa shape index (κ1) is 77.2. The van der Waals surface area contributed by atoms with Crippen molar-refractivity contribution in [3.05, 3.63) is 0 Å². The Balaban J connectivity index is -0.000000422. The molecular formula is C58H108O17. The van der Waals surface area contributed by atoms with Crippen LogP contribution in [0.3, 0.4) is 0 Å². The molecule has 0 aromatic heterocycles. The number of cyclic esters (lactones) is 5. The number of hydrogen-bond donors (Lipinski definition) is 0. The molecule has 75 heavy (non-hydrogen) atoms. The van der Waals surface area contributed by atoms with Gasteiger partial charge in [-0.2, -0.15) is 0 Å². The largest absolute Gasteiger partial charge is 0.465 e. The Morgan fingerprint density at radius 1 is 0.560 bits per heavy atom. The zero-order chi connectivity index (χ0) is 55.6. The Morgan fingerprint density at radius 2 is 0.987 bits per heavy atom. The Hall–Kier alpha value is -4.28. The third-order valence-corrected chi connectivity index (χ3v) is 15.2. The van der Waals surface area contributed by atoms with Gasteiger partial charge in [-0.25, -0.2) is 0 Å². The molecule has 0 saturated carbocycles. The maximum absolute atomic E-state index is 12.1. The van der Waals surface area contributed by atoms with Gasteiger partial charge in [0.1, 0.15) is 16.8 Å². The number of ether oxygens (including phenoxy) is 9. The Morgan fingerprint density at radius 3 is 1.29 bits per heavy atom. The number of esters is 8. The third-order valence-electron chi connectivity index (χ3n) is 15.2. The summed E-state index contributed by atoms with van der Waals surface area (Å²) in [6.07, 6.45) is 4.87. The van der Waals surface area contributed by atoms with Gasteiger partial charge in [0, 0.05) is 13.5 Å². The molecule has 0 amide bonds. The van der Waals surface area contributed by atoms with Crippen molar-refractivity contribution in [2.45, 2.75) is 280 Å². The fourth-order valence-electron chi connectivity index (χ4n) is 7.38. The van der Waals surface area contributed by atoms with Gasteiger partial charge in [-0.3, -0.25) is 38.4 Å². The summed E-state index contributed by atoms with van der Waals surface area (Å²) in [5.74, 6) is -1.91. The van der Waals surface area contributed by atoms with Crippen LogP contribution in [0.4, 0.5) is 0 Å². The highest BCUT2D eigenvalue weighted by Crippen LogP contribution is 2.43. The Bertz CT molecular complexity index is 1910. The van der Waals surface area contributed by atoms with E-state index in [-0.39, 0.29) is 120 Å². The van der Waals surface area contributed by atoms with Gasteiger partial charge in [0.15, 0.2) is 23.4 Å². The molecule has 5 saturated heterocycles. The molecule has 0 N–H and O–H groups in total. The normalized spacial score (nSPS) is 27.5. The van der Waals surface area contributed by atoms with Gasteiger partial charge in [0.25, 0.3) is 0 Å². The highest BCUT2D eigenvalue weighted by Gasteiger charge is 2.56. The summed E-state index contributed by atoms with van der Waals surface area (Å²) >= 11 is 0. The fraction of sp³-hybridized carbons (Fsp3) is 0.862. The average Bonchev–Trinajstić information content (AvgIpc) is 3.95. The summed E-state index contributed by atoms with van der Waals surface area (Å²) in [5, 5.41) is 0. The van der Waals surface area contributed by atoms with Gasteiger partial charge in [0.2, 0.25) is 0 Å². The van der Waals surface area contributed by atoms with Crippen molar-refractivity contribution < 1.29 is 81.0 Å². The van der Waals surface area contributed by atoms with Crippen molar-refractivity contribution in [3.63, 3.8) is 0 Å². The molecule has 5 rings (SSSR count). The van der Waals surface area contributed by atoms with Gasteiger partial charge >= 0.3 is 47.8 Å². The standard InChI is InChI=1S/C13H22O5.C13H22O4.C12H20O4.C9H16O2.C7H12O2.4CH4/c1-6-12(2,3)11(15)17-9-7-10(14)18-13(9,4)8-16-5;1-7-11(2,3)10(15)17-13(6)8-9(14)16-12(13,4)5;1-6-11(2,3)10(14)15-8-7-9(13)16-12(8,4)5;1-5-9(4)6-8(2,3)11-7(9)10;1-3-7(2)4-5-9-6(7)8;;;;/h9H,6-8H2,1-5H3;7-8H2,1-6H3;8H,6-7H2,1-5H3;5-6H2,1-4H3;3-5H2,1-2H3;4*1H4. The highest BCUT2D eigenvalue weighted by molar-refractivity contribution is 5.81. The van der Waals surface area contributed by atoms with Crippen LogP contribution >= 0.6 is 0 Å². The molecule has 6 atom stereocenters. The van der Waals surface area contributed by atoms with E-state index in [2.05, 4.69) is 0 Å². The van der Waals surface area contributed by atoms with Crippen LogP contribution in [-0.2, 0) is 81.0 Å². The van der Waals surface area contributed by atoms with Gasteiger partial charge in [-0.1, -0.05) is 64.3 Å². The number of carbonyl (C=O) groups is 8. The minimum Gasteiger partial charge on any atom is -0.465 e. The van der Waals surface area contributed by atoms with E-state index in [0.29, 0.717) is 25.9 Å². The van der Waals surface area contributed by atoms with E-state index < -0.39 is 50.9 Å². The molecule has 442 valence electrons. The lowest BCUT2D eigenvalue weighted by atomic mass is 9.81. The number of carbonyl (C=O) groups excluding carboxylic acids is 8. The first-order valence-electron chi connectivity index (χ1n) is 25.3. The molecule has 0 aromatic rings. The first-order valence-corrected chi connectivity index (χ1v) is 25.3. The quantitative estimate of drug-likeness (QED) is 0.124. The summed E-state index contributed by atoms with van der Waals surface area (Å²) in [7, 11) is 1.52. The summed E-state index contributed by atoms with van der Waals surface area (Å²) < 4.78 is 46.9. The smallest absolute Gasteiger partial charge is 0.312 e. The van der Waals surface area contributed by atoms with Crippen molar-refractivity contribution in [2.75, 3.05) is 20.3 Å². The third kappa shape index (κ3) is 20.6. The van der Waals surface area contributed by atoms with Crippen LogP contribution in [0.2, 0.25) is 0 Å². The van der Waals surface area contributed by atoms with Crippen LogP contribution in [0.5, 0.6) is 0 Å². The van der Waals surface area contributed by atoms with Crippen LogP contribution in [-0.4, -0.2) is 108 Å². The molecule has 5 aliphatic rings. The maximum atomic E-state index is 12.1. The molecule has 17 nitrogen and oxygen atoms in total. The minimum absolute atomic E-state index is 0. The van der Waals surface area contributed by atoms with Crippen LogP contribution in [0.15, 0.2) is 0 Å². The van der Waals surface area contributed by atoms with E-state index in [1.54, 1.807) is 41.5 Å². The second kappa shape index (κ2) is 28.9. The van der Waals surface area contributed by atoms with Crippen molar-refractivity contribution in [3.8, 4) is 0 Å². The predicted octanol–water partition coefficient (Wildman–Crippen LogP) is 12.2. The monoisotopic (exact) mass is 1080 g/mol.